The van der Waals surface area contributed by atoms with Gasteiger partial charge in [-0.15, -0.1) is 0 Å². The Kier molecular flexibility index (Phi) is 6.00. The number of likely N-dealkylation sites (tertiary alicyclic amines) is 1. The zero-order valence-corrected chi connectivity index (χ0v) is 20.7. The highest BCUT2D eigenvalue weighted by Crippen LogP contribution is 2.44. The molecule has 1 amide bonds. The van der Waals surface area contributed by atoms with Gasteiger partial charge in [0.05, 0.1) is 16.6 Å². The SMILES string of the molecule is O=C1OC2(CCN(C(=O)c3cn(CCC4CCOCC4)c4cc(Cl)ccc34)CC2)c2ccc(F)cc21. The van der Waals surface area contributed by atoms with Crippen LogP contribution in [-0.2, 0) is 21.6 Å². The molecule has 0 unspecified atom stereocenters. The lowest BCUT2D eigenvalue weighted by atomic mass is 9.83. The molecule has 1 spiro atoms. The second-order valence-electron chi connectivity index (χ2n) is 10.1. The molecule has 3 aromatic rings. The van der Waals surface area contributed by atoms with Crippen molar-refractivity contribution in [3.05, 3.63) is 70.1 Å². The van der Waals surface area contributed by atoms with Crippen molar-refractivity contribution in [3.8, 4) is 0 Å². The van der Waals surface area contributed by atoms with Gasteiger partial charge in [0.25, 0.3) is 5.91 Å². The number of ether oxygens (including phenoxy) is 2. The summed E-state index contributed by atoms with van der Waals surface area (Å²) in [5, 5.41) is 1.54. The van der Waals surface area contributed by atoms with Crippen LogP contribution in [0, 0.1) is 11.7 Å². The van der Waals surface area contributed by atoms with E-state index < -0.39 is 17.4 Å². The van der Waals surface area contributed by atoms with Crippen molar-refractivity contribution in [2.45, 2.75) is 44.2 Å². The maximum atomic E-state index is 13.7. The number of hydrogen-bond donors (Lipinski definition) is 0. The number of benzene rings is 2. The van der Waals surface area contributed by atoms with Crippen molar-refractivity contribution in [2.24, 2.45) is 5.92 Å². The third-order valence-electron chi connectivity index (χ3n) is 8.03. The molecule has 0 saturated carbocycles. The van der Waals surface area contributed by atoms with E-state index in [4.69, 9.17) is 21.1 Å². The van der Waals surface area contributed by atoms with E-state index in [1.807, 2.05) is 29.3 Å². The zero-order valence-electron chi connectivity index (χ0n) is 20.0. The van der Waals surface area contributed by atoms with Crippen LogP contribution in [0.3, 0.4) is 0 Å². The monoisotopic (exact) mass is 510 g/mol. The number of carbonyl (C=O) groups is 2. The number of amides is 1. The molecule has 3 aliphatic heterocycles. The number of carbonyl (C=O) groups excluding carboxylic acids is 2. The van der Waals surface area contributed by atoms with E-state index in [1.54, 1.807) is 6.07 Å². The first-order valence-electron chi connectivity index (χ1n) is 12.6. The fourth-order valence-electron chi connectivity index (χ4n) is 5.96. The van der Waals surface area contributed by atoms with Gasteiger partial charge >= 0.3 is 5.97 Å². The Bertz CT molecular complexity index is 1340. The molecule has 0 bridgehead atoms. The highest BCUT2D eigenvalue weighted by molar-refractivity contribution is 6.31. The van der Waals surface area contributed by atoms with Crippen LogP contribution in [0.15, 0.2) is 42.6 Å². The first-order valence-corrected chi connectivity index (χ1v) is 13.0. The Balaban J connectivity index is 1.22. The molecule has 0 aliphatic carbocycles. The highest BCUT2D eigenvalue weighted by Gasteiger charge is 2.48. The van der Waals surface area contributed by atoms with Crippen molar-refractivity contribution in [1.29, 1.82) is 0 Å². The number of aryl methyl sites for hydroxylation is 1. The summed E-state index contributed by atoms with van der Waals surface area (Å²) in [4.78, 5) is 27.9. The third-order valence-corrected chi connectivity index (χ3v) is 8.27. The molecule has 4 heterocycles. The molecule has 2 fully saturated rings. The van der Waals surface area contributed by atoms with Gasteiger partial charge in [-0.05, 0) is 49.4 Å². The number of fused-ring (bicyclic) bond motifs is 3. The summed E-state index contributed by atoms with van der Waals surface area (Å²) in [6.45, 7) is 3.35. The predicted molar refractivity (Wildman–Crippen MR) is 134 cm³/mol. The average molecular weight is 511 g/mol. The van der Waals surface area contributed by atoms with Crippen molar-refractivity contribution in [2.75, 3.05) is 26.3 Å². The number of aromatic nitrogens is 1. The molecule has 8 heteroatoms. The van der Waals surface area contributed by atoms with Crippen LogP contribution in [-0.4, -0.2) is 47.6 Å². The van der Waals surface area contributed by atoms with Crippen molar-refractivity contribution in [1.82, 2.24) is 9.47 Å². The lowest BCUT2D eigenvalue weighted by molar-refractivity contribution is -0.0389. The van der Waals surface area contributed by atoms with Crippen LogP contribution in [0.1, 0.15) is 58.4 Å². The van der Waals surface area contributed by atoms with Gasteiger partial charge in [-0.25, -0.2) is 9.18 Å². The summed E-state index contributed by atoms with van der Waals surface area (Å²) in [7, 11) is 0. The van der Waals surface area contributed by atoms with Gasteiger partial charge in [-0.3, -0.25) is 4.79 Å². The molecule has 36 heavy (non-hydrogen) atoms. The van der Waals surface area contributed by atoms with E-state index in [9.17, 15) is 14.0 Å². The Morgan fingerprint density at radius 3 is 2.67 bits per heavy atom. The van der Waals surface area contributed by atoms with Crippen molar-refractivity contribution < 1.29 is 23.5 Å². The standard InChI is InChI=1S/C28H28ClFN2O4/c29-19-1-3-21-23(17-32(25(21)15-19)10-5-18-6-13-35-14-7-18)26(33)31-11-8-28(9-12-31)24-4-2-20(30)16-22(24)27(34)36-28/h1-4,15-18H,5-14H2. The summed E-state index contributed by atoms with van der Waals surface area (Å²) < 4.78 is 27.1. The van der Waals surface area contributed by atoms with Gasteiger partial charge in [0, 0.05) is 67.9 Å². The molecule has 2 saturated heterocycles. The summed E-state index contributed by atoms with van der Waals surface area (Å²) in [5.74, 6) is -0.360. The van der Waals surface area contributed by atoms with Gasteiger partial charge < -0.3 is 18.9 Å². The van der Waals surface area contributed by atoms with Gasteiger partial charge in [0.2, 0.25) is 0 Å². The average Bonchev–Trinajstić information content (AvgIpc) is 3.37. The summed E-state index contributed by atoms with van der Waals surface area (Å²) in [5.41, 5.74) is 1.85. The van der Waals surface area contributed by atoms with Crippen molar-refractivity contribution >= 4 is 34.4 Å². The fraction of sp³-hybridized carbons (Fsp3) is 0.429. The maximum absolute atomic E-state index is 13.7. The van der Waals surface area contributed by atoms with Crippen molar-refractivity contribution in [3.63, 3.8) is 0 Å². The van der Waals surface area contributed by atoms with Crippen LogP contribution in [0.4, 0.5) is 4.39 Å². The smallest absolute Gasteiger partial charge is 0.339 e. The van der Waals surface area contributed by atoms with Crippen LogP contribution < -0.4 is 0 Å². The largest absolute Gasteiger partial charge is 0.450 e. The summed E-state index contributed by atoms with van der Waals surface area (Å²) in [6, 6.07) is 9.91. The van der Waals surface area contributed by atoms with Gasteiger partial charge in [-0.2, -0.15) is 0 Å². The number of esters is 1. The Morgan fingerprint density at radius 1 is 1.11 bits per heavy atom. The number of rotatable bonds is 4. The molecule has 3 aliphatic rings. The molecule has 6 rings (SSSR count). The normalized spacial score (nSPS) is 19.6. The van der Waals surface area contributed by atoms with E-state index in [0.29, 0.717) is 48.0 Å². The molecular formula is C28H28ClFN2O4. The minimum absolute atomic E-state index is 0.0364. The van der Waals surface area contributed by atoms with Crippen LogP contribution in [0.2, 0.25) is 5.02 Å². The van der Waals surface area contributed by atoms with Gasteiger partial charge in [0.1, 0.15) is 11.4 Å². The van der Waals surface area contributed by atoms with Gasteiger partial charge in [0.15, 0.2) is 0 Å². The summed E-state index contributed by atoms with van der Waals surface area (Å²) in [6.07, 6.45) is 6.10. The van der Waals surface area contributed by atoms with Gasteiger partial charge in [-0.1, -0.05) is 23.7 Å². The molecule has 6 nitrogen and oxygen atoms in total. The third kappa shape index (κ3) is 4.08. The molecule has 0 N–H and O–H groups in total. The first kappa shape index (κ1) is 23.5. The van der Waals surface area contributed by atoms with Crippen LogP contribution in [0.25, 0.3) is 10.9 Å². The first-order chi connectivity index (χ1) is 17.4. The van der Waals surface area contributed by atoms with E-state index in [-0.39, 0.29) is 5.91 Å². The van der Waals surface area contributed by atoms with E-state index in [1.165, 1.54) is 12.1 Å². The Hall–Kier alpha value is -2.90. The quantitative estimate of drug-likeness (QED) is 0.432. The topological polar surface area (TPSA) is 60.8 Å². The molecule has 188 valence electrons. The lowest BCUT2D eigenvalue weighted by Crippen LogP contribution is -2.45. The van der Waals surface area contributed by atoms with E-state index >= 15 is 0 Å². The predicted octanol–water partition coefficient (Wildman–Crippen LogP) is 5.55. The lowest BCUT2D eigenvalue weighted by Gasteiger charge is -2.38. The molecule has 0 atom stereocenters. The van der Waals surface area contributed by atoms with E-state index in [0.717, 1.165) is 55.5 Å². The molecule has 0 radical (unpaired) electrons. The second kappa shape index (κ2) is 9.20. The zero-order chi connectivity index (χ0) is 24.9. The molecule has 1 aromatic heterocycles. The number of nitrogens with zero attached hydrogens (tertiary/aromatic N) is 2. The summed E-state index contributed by atoms with van der Waals surface area (Å²) >= 11 is 6.32. The van der Waals surface area contributed by atoms with Crippen LogP contribution in [0.5, 0.6) is 0 Å². The highest BCUT2D eigenvalue weighted by atomic mass is 35.5. The second-order valence-corrected chi connectivity index (χ2v) is 10.5. The minimum Gasteiger partial charge on any atom is -0.450 e. The molecular weight excluding hydrogens is 483 g/mol. The number of hydrogen-bond acceptors (Lipinski definition) is 4. The fourth-order valence-corrected chi connectivity index (χ4v) is 6.13. The minimum atomic E-state index is -0.790. The number of halogens is 2. The van der Waals surface area contributed by atoms with E-state index in [2.05, 4.69) is 4.57 Å². The Labute approximate surface area is 213 Å². The Morgan fingerprint density at radius 2 is 1.89 bits per heavy atom. The maximum Gasteiger partial charge on any atom is 0.339 e. The van der Waals surface area contributed by atoms with Crippen LogP contribution >= 0.6 is 11.6 Å². The number of piperidine rings is 1. The molecule has 2 aromatic carbocycles.